The first-order valence-electron chi connectivity index (χ1n) is 9.28. The fourth-order valence-electron chi connectivity index (χ4n) is 3.09. The molecule has 9 heteroatoms. The van der Waals surface area contributed by atoms with E-state index in [0.29, 0.717) is 28.4 Å². The third-order valence-corrected chi connectivity index (χ3v) is 6.97. The second kappa shape index (κ2) is 8.05. The molecule has 0 spiro atoms. The lowest BCUT2D eigenvalue weighted by atomic mass is 10.2. The fraction of sp³-hybridized carbons (Fsp3) is 0.0909. The Morgan fingerprint density at radius 2 is 1.81 bits per heavy atom. The Balaban J connectivity index is 1.64. The molecule has 0 radical (unpaired) electrons. The number of sulfonamides is 1. The summed E-state index contributed by atoms with van der Waals surface area (Å²) in [6.07, 6.45) is 0. The number of benzene rings is 3. The largest absolute Gasteiger partial charge is 0.441 e. The maximum atomic E-state index is 13.1. The van der Waals surface area contributed by atoms with Crippen LogP contribution in [0.1, 0.15) is 16.2 Å². The van der Waals surface area contributed by atoms with Crippen molar-refractivity contribution in [3.8, 4) is 0 Å². The van der Waals surface area contributed by atoms with Gasteiger partial charge in [0.15, 0.2) is 11.5 Å². The lowest BCUT2D eigenvalue weighted by molar-refractivity contribution is 0.102. The summed E-state index contributed by atoms with van der Waals surface area (Å²) in [6.45, 7) is 1.74. The summed E-state index contributed by atoms with van der Waals surface area (Å²) in [4.78, 5) is 16.9. The number of aromatic nitrogens is 1. The van der Waals surface area contributed by atoms with E-state index in [1.165, 1.54) is 25.2 Å². The summed E-state index contributed by atoms with van der Waals surface area (Å²) in [5, 5.41) is 2.77. The molecule has 158 valence electrons. The quantitative estimate of drug-likeness (QED) is 0.463. The van der Waals surface area contributed by atoms with E-state index in [2.05, 4.69) is 10.3 Å². The third-order valence-electron chi connectivity index (χ3n) is 4.70. The Bertz CT molecular complexity index is 1380. The number of hydrogen-bond acceptors (Lipinski definition) is 5. The second-order valence-corrected chi connectivity index (χ2v) is 9.17. The molecule has 31 heavy (non-hydrogen) atoms. The van der Waals surface area contributed by atoms with E-state index in [1.807, 2.05) is 0 Å². The molecule has 1 amide bonds. The van der Waals surface area contributed by atoms with E-state index in [1.54, 1.807) is 55.5 Å². The number of hydrogen-bond donors (Lipinski definition) is 1. The number of carbonyl (C=O) groups excluding carboxylic acids is 1. The van der Waals surface area contributed by atoms with Crippen LogP contribution in [0.4, 0.5) is 11.4 Å². The van der Waals surface area contributed by atoms with Crippen LogP contribution in [0.25, 0.3) is 11.1 Å². The number of para-hydroxylation sites is 1. The topological polar surface area (TPSA) is 92.5 Å². The minimum absolute atomic E-state index is 0.0267. The van der Waals surface area contributed by atoms with Crippen molar-refractivity contribution >= 4 is 50.0 Å². The number of nitrogens with zero attached hydrogens (tertiary/aromatic N) is 2. The summed E-state index contributed by atoms with van der Waals surface area (Å²) in [5.41, 5.74) is 2.36. The number of halogens is 1. The van der Waals surface area contributed by atoms with Crippen LogP contribution in [0.3, 0.4) is 0 Å². The molecule has 1 heterocycles. The average molecular weight is 456 g/mol. The van der Waals surface area contributed by atoms with Crippen molar-refractivity contribution in [3.63, 3.8) is 0 Å². The van der Waals surface area contributed by atoms with Crippen LogP contribution in [-0.2, 0) is 10.0 Å². The minimum Gasteiger partial charge on any atom is -0.441 e. The van der Waals surface area contributed by atoms with Gasteiger partial charge in [0.2, 0.25) is 0 Å². The van der Waals surface area contributed by atoms with Crippen LogP contribution in [0, 0.1) is 6.92 Å². The standard InChI is InChI=1S/C22H18ClN3O4S/c1-14-24-19-13-16(9-11-20(19)30-14)25-22(27)15-8-10-18(23)21(12-15)31(28,29)26(2)17-6-4-3-5-7-17/h3-13H,1-2H3,(H,25,27). The van der Waals surface area contributed by atoms with Gasteiger partial charge in [0, 0.05) is 25.2 Å². The van der Waals surface area contributed by atoms with Gasteiger partial charge in [-0.1, -0.05) is 29.8 Å². The molecule has 1 N–H and O–H groups in total. The minimum atomic E-state index is -3.98. The van der Waals surface area contributed by atoms with Gasteiger partial charge in [0.25, 0.3) is 15.9 Å². The highest BCUT2D eigenvalue weighted by atomic mass is 35.5. The number of fused-ring (bicyclic) bond motifs is 1. The van der Waals surface area contributed by atoms with Crippen LogP contribution in [0.5, 0.6) is 0 Å². The zero-order valence-electron chi connectivity index (χ0n) is 16.7. The maximum Gasteiger partial charge on any atom is 0.265 e. The smallest absolute Gasteiger partial charge is 0.265 e. The van der Waals surface area contributed by atoms with Crippen molar-refractivity contribution < 1.29 is 17.6 Å². The first kappa shape index (κ1) is 20.9. The number of carbonyl (C=O) groups is 1. The van der Waals surface area contributed by atoms with E-state index in [-0.39, 0.29) is 15.5 Å². The van der Waals surface area contributed by atoms with Gasteiger partial charge in [0.1, 0.15) is 10.4 Å². The van der Waals surface area contributed by atoms with Gasteiger partial charge >= 0.3 is 0 Å². The summed E-state index contributed by atoms with van der Waals surface area (Å²) in [6, 6.07) is 17.8. The van der Waals surface area contributed by atoms with Crippen molar-refractivity contribution in [2.45, 2.75) is 11.8 Å². The average Bonchev–Trinajstić information content (AvgIpc) is 3.13. The Kier molecular flexibility index (Phi) is 5.43. The highest BCUT2D eigenvalue weighted by Gasteiger charge is 2.25. The molecule has 0 saturated carbocycles. The molecule has 7 nitrogen and oxygen atoms in total. The number of aryl methyl sites for hydroxylation is 1. The van der Waals surface area contributed by atoms with Gasteiger partial charge in [-0.3, -0.25) is 9.10 Å². The first-order chi connectivity index (χ1) is 14.8. The molecule has 0 aliphatic heterocycles. The number of amides is 1. The van der Waals surface area contributed by atoms with E-state index in [9.17, 15) is 13.2 Å². The van der Waals surface area contributed by atoms with Crippen molar-refractivity contribution in [1.82, 2.24) is 4.98 Å². The Labute approximate surface area is 184 Å². The normalized spacial score (nSPS) is 11.5. The van der Waals surface area contributed by atoms with Gasteiger partial charge in [-0.2, -0.15) is 0 Å². The third kappa shape index (κ3) is 4.12. The van der Waals surface area contributed by atoms with Crippen LogP contribution < -0.4 is 9.62 Å². The summed E-state index contributed by atoms with van der Waals surface area (Å²) < 4.78 is 32.8. The molecular formula is C22H18ClN3O4S. The zero-order valence-corrected chi connectivity index (χ0v) is 18.2. The lowest BCUT2D eigenvalue weighted by Crippen LogP contribution is -2.27. The molecule has 1 aromatic heterocycles. The lowest BCUT2D eigenvalue weighted by Gasteiger charge is -2.20. The van der Waals surface area contributed by atoms with Crippen molar-refractivity contribution in [1.29, 1.82) is 0 Å². The molecule has 0 aliphatic carbocycles. The predicted octanol–water partition coefficient (Wildman–Crippen LogP) is 4.87. The SMILES string of the molecule is Cc1nc2cc(NC(=O)c3ccc(Cl)c(S(=O)(=O)N(C)c4ccccc4)c3)ccc2o1. The molecular weight excluding hydrogens is 438 g/mol. The highest BCUT2D eigenvalue weighted by molar-refractivity contribution is 7.93. The molecule has 4 aromatic rings. The van der Waals surface area contributed by atoms with Gasteiger partial charge in [0.05, 0.1) is 10.7 Å². The van der Waals surface area contributed by atoms with Crippen LogP contribution in [0.15, 0.2) is 76.0 Å². The second-order valence-electron chi connectivity index (χ2n) is 6.82. The molecule has 0 unspecified atom stereocenters. The molecule has 0 saturated heterocycles. The highest BCUT2D eigenvalue weighted by Crippen LogP contribution is 2.29. The van der Waals surface area contributed by atoms with Crippen molar-refractivity contribution in [2.75, 3.05) is 16.7 Å². The van der Waals surface area contributed by atoms with Gasteiger partial charge < -0.3 is 9.73 Å². The van der Waals surface area contributed by atoms with Crippen LogP contribution in [0.2, 0.25) is 5.02 Å². The molecule has 0 aliphatic rings. The van der Waals surface area contributed by atoms with Crippen molar-refractivity contribution in [2.24, 2.45) is 0 Å². The molecule has 0 atom stereocenters. The summed E-state index contributed by atoms with van der Waals surface area (Å²) in [7, 11) is -2.55. The van der Waals surface area contributed by atoms with Crippen molar-refractivity contribution in [3.05, 3.63) is 83.2 Å². The molecule has 0 bridgehead atoms. The Hall–Kier alpha value is -3.36. The molecule has 4 rings (SSSR count). The maximum absolute atomic E-state index is 13.1. The predicted molar refractivity (Wildman–Crippen MR) is 120 cm³/mol. The van der Waals surface area contributed by atoms with Crippen LogP contribution in [-0.4, -0.2) is 26.4 Å². The van der Waals surface area contributed by atoms with Gasteiger partial charge in [-0.05, 0) is 48.5 Å². The number of oxazole rings is 1. The monoisotopic (exact) mass is 455 g/mol. The number of nitrogens with one attached hydrogen (secondary N) is 1. The molecule has 0 fully saturated rings. The zero-order chi connectivity index (χ0) is 22.2. The molecule has 3 aromatic carbocycles. The first-order valence-corrected chi connectivity index (χ1v) is 11.1. The Morgan fingerprint density at radius 1 is 1.06 bits per heavy atom. The van der Waals surface area contributed by atoms with Crippen LogP contribution >= 0.6 is 11.6 Å². The fourth-order valence-corrected chi connectivity index (χ4v) is 4.78. The Morgan fingerprint density at radius 3 is 2.55 bits per heavy atom. The summed E-state index contributed by atoms with van der Waals surface area (Å²) >= 11 is 6.19. The summed E-state index contributed by atoms with van der Waals surface area (Å²) in [5.74, 6) is 0.0450. The number of rotatable bonds is 5. The van der Waals surface area contributed by atoms with E-state index >= 15 is 0 Å². The van der Waals surface area contributed by atoms with E-state index in [0.717, 1.165) is 4.31 Å². The van der Waals surface area contributed by atoms with Gasteiger partial charge in [-0.15, -0.1) is 0 Å². The number of anilines is 2. The van der Waals surface area contributed by atoms with E-state index in [4.69, 9.17) is 16.0 Å². The van der Waals surface area contributed by atoms with E-state index < -0.39 is 15.9 Å². The van der Waals surface area contributed by atoms with Gasteiger partial charge in [-0.25, -0.2) is 13.4 Å².